The van der Waals surface area contributed by atoms with Crippen molar-refractivity contribution in [3.8, 4) is 5.75 Å². The van der Waals surface area contributed by atoms with Gasteiger partial charge in [-0.15, -0.1) is 0 Å². The molecule has 0 aromatic heterocycles. The molecule has 2 aromatic rings. The Kier molecular flexibility index (Phi) is 7.01. The number of ether oxygens (including phenoxy) is 1. The Labute approximate surface area is 148 Å². The highest BCUT2D eigenvalue weighted by Crippen LogP contribution is 2.19. The summed E-state index contributed by atoms with van der Waals surface area (Å²) in [6.45, 7) is 3.93. The van der Waals surface area contributed by atoms with Gasteiger partial charge in [0.1, 0.15) is 5.75 Å². The third-order valence-electron chi connectivity index (χ3n) is 3.87. The molecule has 2 N–H and O–H groups in total. The lowest BCUT2D eigenvalue weighted by atomic mass is 10.1. The van der Waals surface area contributed by atoms with Crippen molar-refractivity contribution in [3.63, 3.8) is 0 Å². The fourth-order valence-electron chi connectivity index (χ4n) is 2.41. The van der Waals surface area contributed by atoms with Crippen LogP contribution in [-0.4, -0.2) is 24.5 Å². The van der Waals surface area contributed by atoms with Gasteiger partial charge in [0.2, 0.25) is 0 Å². The molecule has 0 saturated heterocycles. The molecule has 2 aromatic carbocycles. The second-order valence-electron chi connectivity index (χ2n) is 5.69. The summed E-state index contributed by atoms with van der Waals surface area (Å²) in [5.41, 5.74) is 1.09. The van der Waals surface area contributed by atoms with Crippen molar-refractivity contribution in [1.29, 1.82) is 0 Å². The summed E-state index contributed by atoms with van der Waals surface area (Å²) in [5.74, 6) is -0.0789. The van der Waals surface area contributed by atoms with Gasteiger partial charge in [-0.05, 0) is 37.1 Å². The fraction of sp³-hybridized carbons (Fsp3) is 0.300. The Morgan fingerprint density at radius 3 is 2.28 bits per heavy atom. The van der Waals surface area contributed by atoms with Crippen LogP contribution < -0.4 is 15.4 Å². The SMILES string of the molecule is CCC(CC)NC(=O)COc1ccccc1C(=O)Nc1ccccc1. The molecule has 132 valence electrons. The largest absolute Gasteiger partial charge is 0.483 e. The molecule has 2 amide bonds. The molecule has 5 nitrogen and oxygen atoms in total. The quantitative estimate of drug-likeness (QED) is 0.771. The average Bonchev–Trinajstić information content (AvgIpc) is 2.65. The minimum atomic E-state index is -0.276. The molecule has 0 saturated carbocycles. The number of para-hydroxylation sites is 2. The Morgan fingerprint density at radius 1 is 0.960 bits per heavy atom. The van der Waals surface area contributed by atoms with E-state index < -0.39 is 0 Å². The number of nitrogens with one attached hydrogen (secondary N) is 2. The van der Waals surface area contributed by atoms with Crippen LogP contribution in [-0.2, 0) is 4.79 Å². The summed E-state index contributed by atoms with van der Waals surface area (Å²) in [5, 5.41) is 5.73. The second kappa shape index (κ2) is 9.47. The maximum absolute atomic E-state index is 12.5. The van der Waals surface area contributed by atoms with Gasteiger partial charge in [0.15, 0.2) is 6.61 Å². The maximum atomic E-state index is 12.5. The van der Waals surface area contributed by atoms with Crippen LogP contribution in [0.1, 0.15) is 37.0 Å². The summed E-state index contributed by atoms with van der Waals surface area (Å²) < 4.78 is 5.57. The zero-order valence-corrected chi connectivity index (χ0v) is 14.6. The molecule has 2 rings (SSSR count). The lowest BCUT2D eigenvalue weighted by Crippen LogP contribution is -2.37. The average molecular weight is 340 g/mol. The molecule has 0 aliphatic carbocycles. The van der Waals surface area contributed by atoms with Crippen LogP contribution in [0, 0.1) is 0 Å². The third kappa shape index (κ3) is 5.64. The van der Waals surface area contributed by atoms with Crippen molar-refractivity contribution in [2.24, 2.45) is 0 Å². The van der Waals surface area contributed by atoms with Crippen molar-refractivity contribution in [2.45, 2.75) is 32.7 Å². The highest BCUT2D eigenvalue weighted by molar-refractivity contribution is 6.06. The molecule has 25 heavy (non-hydrogen) atoms. The van der Waals surface area contributed by atoms with Crippen LogP contribution in [0.5, 0.6) is 5.75 Å². The number of carbonyl (C=O) groups excluding carboxylic acids is 2. The lowest BCUT2D eigenvalue weighted by Gasteiger charge is -2.16. The van der Waals surface area contributed by atoms with Gasteiger partial charge in [0.05, 0.1) is 5.56 Å². The number of hydrogen-bond acceptors (Lipinski definition) is 3. The highest BCUT2D eigenvalue weighted by Gasteiger charge is 2.14. The molecule has 0 heterocycles. The van der Waals surface area contributed by atoms with Gasteiger partial charge in [0.25, 0.3) is 11.8 Å². The molecule has 0 fully saturated rings. The fourth-order valence-corrected chi connectivity index (χ4v) is 2.41. The monoisotopic (exact) mass is 340 g/mol. The van der Waals surface area contributed by atoms with E-state index in [0.29, 0.717) is 17.0 Å². The zero-order chi connectivity index (χ0) is 18.1. The first-order chi connectivity index (χ1) is 12.1. The van der Waals surface area contributed by atoms with Gasteiger partial charge in [-0.1, -0.05) is 44.2 Å². The topological polar surface area (TPSA) is 67.4 Å². The van der Waals surface area contributed by atoms with E-state index in [0.717, 1.165) is 12.8 Å². The standard InChI is InChI=1S/C20H24N2O3/c1-3-15(4-2)21-19(23)14-25-18-13-9-8-12-17(18)20(24)22-16-10-6-5-7-11-16/h5-13,15H,3-4,14H2,1-2H3,(H,21,23)(H,22,24). The van der Waals surface area contributed by atoms with E-state index in [1.165, 1.54) is 0 Å². The molecule has 0 unspecified atom stereocenters. The first-order valence-corrected chi connectivity index (χ1v) is 8.51. The molecule has 5 heteroatoms. The van der Waals surface area contributed by atoms with E-state index in [1.54, 1.807) is 24.3 Å². The van der Waals surface area contributed by atoms with Crippen LogP contribution in [0.15, 0.2) is 54.6 Å². The van der Waals surface area contributed by atoms with E-state index in [1.807, 2.05) is 44.2 Å². The predicted octanol–water partition coefficient (Wildman–Crippen LogP) is 3.62. The molecule has 0 spiro atoms. The molecule has 0 aliphatic rings. The van der Waals surface area contributed by atoms with Gasteiger partial charge in [0, 0.05) is 11.7 Å². The minimum Gasteiger partial charge on any atom is -0.483 e. The summed E-state index contributed by atoms with van der Waals surface area (Å²) in [6.07, 6.45) is 1.75. The van der Waals surface area contributed by atoms with Gasteiger partial charge in [-0.2, -0.15) is 0 Å². The van der Waals surface area contributed by atoms with Gasteiger partial charge >= 0.3 is 0 Å². The molecule has 0 radical (unpaired) electrons. The Bertz CT molecular complexity index is 697. The van der Waals surface area contributed by atoms with Gasteiger partial charge in [-0.25, -0.2) is 0 Å². The summed E-state index contributed by atoms with van der Waals surface area (Å²) in [6, 6.07) is 16.2. The van der Waals surface area contributed by atoms with Crippen molar-refractivity contribution in [3.05, 3.63) is 60.2 Å². The van der Waals surface area contributed by atoms with Crippen molar-refractivity contribution < 1.29 is 14.3 Å². The van der Waals surface area contributed by atoms with E-state index in [4.69, 9.17) is 4.74 Å². The normalized spacial score (nSPS) is 10.4. The van der Waals surface area contributed by atoms with Crippen molar-refractivity contribution in [2.75, 3.05) is 11.9 Å². The van der Waals surface area contributed by atoms with Crippen molar-refractivity contribution >= 4 is 17.5 Å². The summed E-state index contributed by atoms with van der Waals surface area (Å²) in [7, 11) is 0. The molecular weight excluding hydrogens is 316 g/mol. The predicted molar refractivity (Wildman–Crippen MR) is 98.8 cm³/mol. The van der Waals surface area contributed by atoms with E-state index in [2.05, 4.69) is 10.6 Å². The Hall–Kier alpha value is -2.82. The van der Waals surface area contributed by atoms with Crippen LogP contribution in [0.2, 0.25) is 0 Å². The third-order valence-corrected chi connectivity index (χ3v) is 3.87. The number of rotatable bonds is 8. The zero-order valence-electron chi connectivity index (χ0n) is 14.6. The number of anilines is 1. The first kappa shape index (κ1) is 18.5. The Morgan fingerprint density at radius 2 is 1.60 bits per heavy atom. The van der Waals surface area contributed by atoms with Gasteiger partial charge in [-0.3, -0.25) is 9.59 Å². The minimum absolute atomic E-state index is 0.119. The maximum Gasteiger partial charge on any atom is 0.259 e. The van der Waals surface area contributed by atoms with Crippen molar-refractivity contribution in [1.82, 2.24) is 5.32 Å². The van der Waals surface area contributed by atoms with Crippen LogP contribution >= 0.6 is 0 Å². The number of amides is 2. The molecule has 0 aliphatic heterocycles. The smallest absolute Gasteiger partial charge is 0.259 e. The summed E-state index contributed by atoms with van der Waals surface area (Å²) in [4.78, 5) is 24.4. The first-order valence-electron chi connectivity index (χ1n) is 8.51. The molecular formula is C20H24N2O3. The number of hydrogen-bond donors (Lipinski definition) is 2. The number of carbonyl (C=O) groups is 2. The number of benzene rings is 2. The highest BCUT2D eigenvalue weighted by atomic mass is 16.5. The van der Waals surface area contributed by atoms with Crippen LogP contribution in [0.3, 0.4) is 0 Å². The van der Waals surface area contributed by atoms with Crippen LogP contribution in [0.25, 0.3) is 0 Å². The van der Waals surface area contributed by atoms with E-state index in [9.17, 15) is 9.59 Å². The van der Waals surface area contributed by atoms with E-state index in [-0.39, 0.29) is 24.5 Å². The lowest BCUT2D eigenvalue weighted by molar-refractivity contribution is -0.123. The van der Waals surface area contributed by atoms with Gasteiger partial charge < -0.3 is 15.4 Å². The van der Waals surface area contributed by atoms with Crippen LogP contribution in [0.4, 0.5) is 5.69 Å². The van der Waals surface area contributed by atoms with E-state index >= 15 is 0 Å². The molecule has 0 atom stereocenters. The summed E-state index contributed by atoms with van der Waals surface area (Å²) >= 11 is 0. The Balaban J connectivity index is 2.00. The molecule has 0 bridgehead atoms. The second-order valence-corrected chi connectivity index (χ2v) is 5.69.